The summed E-state index contributed by atoms with van der Waals surface area (Å²) in [6.07, 6.45) is 0.724. The SMILES string of the molecule is CCC(NC(C)c1ccc(C)cc1C)C(=O)OC. The van der Waals surface area contributed by atoms with Crippen LogP contribution in [0.5, 0.6) is 0 Å². The van der Waals surface area contributed by atoms with Gasteiger partial charge >= 0.3 is 5.97 Å². The van der Waals surface area contributed by atoms with Gasteiger partial charge < -0.3 is 4.74 Å². The highest BCUT2D eigenvalue weighted by atomic mass is 16.5. The molecular weight excluding hydrogens is 226 g/mol. The maximum Gasteiger partial charge on any atom is 0.322 e. The maximum absolute atomic E-state index is 11.6. The topological polar surface area (TPSA) is 38.3 Å². The van der Waals surface area contributed by atoms with Crippen molar-refractivity contribution in [1.29, 1.82) is 0 Å². The molecule has 0 bridgehead atoms. The van der Waals surface area contributed by atoms with Crippen LogP contribution in [0.4, 0.5) is 0 Å². The van der Waals surface area contributed by atoms with Crippen LogP contribution in [0.25, 0.3) is 0 Å². The quantitative estimate of drug-likeness (QED) is 0.815. The fourth-order valence-electron chi connectivity index (χ4n) is 2.20. The van der Waals surface area contributed by atoms with Crippen molar-refractivity contribution in [2.75, 3.05) is 7.11 Å². The lowest BCUT2D eigenvalue weighted by molar-refractivity contribution is -0.143. The second-order valence-corrected chi connectivity index (χ2v) is 4.73. The summed E-state index contributed by atoms with van der Waals surface area (Å²) in [5.41, 5.74) is 3.72. The Labute approximate surface area is 110 Å². The lowest BCUT2D eigenvalue weighted by Crippen LogP contribution is -2.38. The third kappa shape index (κ3) is 3.57. The molecule has 0 radical (unpaired) electrons. The molecule has 3 heteroatoms. The van der Waals surface area contributed by atoms with E-state index in [1.165, 1.54) is 23.8 Å². The average molecular weight is 249 g/mol. The number of ether oxygens (including phenoxy) is 1. The number of methoxy groups -OCH3 is 1. The Kier molecular flexibility index (Phi) is 5.35. The van der Waals surface area contributed by atoms with Crippen LogP contribution >= 0.6 is 0 Å². The molecule has 3 nitrogen and oxygen atoms in total. The van der Waals surface area contributed by atoms with Gasteiger partial charge in [0.1, 0.15) is 6.04 Å². The van der Waals surface area contributed by atoms with E-state index < -0.39 is 0 Å². The van der Waals surface area contributed by atoms with E-state index in [9.17, 15) is 4.79 Å². The summed E-state index contributed by atoms with van der Waals surface area (Å²) in [5.74, 6) is -0.200. The first-order chi connectivity index (χ1) is 8.49. The Hall–Kier alpha value is -1.35. The van der Waals surface area contributed by atoms with Crippen LogP contribution in [0, 0.1) is 13.8 Å². The van der Waals surface area contributed by atoms with Crippen molar-refractivity contribution in [2.45, 2.75) is 46.2 Å². The van der Waals surface area contributed by atoms with Crippen LogP contribution in [0.3, 0.4) is 0 Å². The summed E-state index contributed by atoms with van der Waals surface area (Å²) in [6, 6.07) is 6.26. The van der Waals surface area contributed by atoms with Gasteiger partial charge in [0.2, 0.25) is 0 Å². The zero-order valence-corrected chi connectivity index (χ0v) is 11.9. The number of hydrogen-bond donors (Lipinski definition) is 1. The molecule has 2 unspecified atom stereocenters. The summed E-state index contributed by atoms with van der Waals surface area (Å²) in [4.78, 5) is 11.6. The number of esters is 1. The second-order valence-electron chi connectivity index (χ2n) is 4.73. The third-order valence-electron chi connectivity index (χ3n) is 3.24. The zero-order chi connectivity index (χ0) is 13.7. The monoisotopic (exact) mass is 249 g/mol. The summed E-state index contributed by atoms with van der Waals surface area (Å²) >= 11 is 0. The number of hydrogen-bond acceptors (Lipinski definition) is 3. The molecule has 100 valence electrons. The van der Waals surface area contributed by atoms with Gasteiger partial charge in [-0.1, -0.05) is 30.7 Å². The number of nitrogens with one attached hydrogen (secondary N) is 1. The fourth-order valence-corrected chi connectivity index (χ4v) is 2.20. The zero-order valence-electron chi connectivity index (χ0n) is 11.9. The van der Waals surface area contributed by atoms with Crippen molar-refractivity contribution in [3.63, 3.8) is 0 Å². The summed E-state index contributed by atoms with van der Waals surface area (Å²) in [7, 11) is 1.43. The minimum absolute atomic E-state index is 0.134. The smallest absolute Gasteiger partial charge is 0.322 e. The first-order valence-corrected chi connectivity index (χ1v) is 6.40. The Balaban J connectivity index is 2.80. The van der Waals surface area contributed by atoms with Crippen molar-refractivity contribution >= 4 is 5.97 Å². The lowest BCUT2D eigenvalue weighted by Gasteiger charge is -2.22. The lowest BCUT2D eigenvalue weighted by atomic mass is 9.99. The molecule has 1 rings (SSSR count). The van der Waals surface area contributed by atoms with Crippen molar-refractivity contribution in [1.82, 2.24) is 5.32 Å². The summed E-state index contributed by atoms with van der Waals surface area (Å²) in [5, 5.41) is 3.32. The first kappa shape index (κ1) is 14.7. The van der Waals surface area contributed by atoms with Crippen molar-refractivity contribution in [2.24, 2.45) is 0 Å². The van der Waals surface area contributed by atoms with Gasteiger partial charge in [0.25, 0.3) is 0 Å². The van der Waals surface area contributed by atoms with Gasteiger partial charge in [-0.05, 0) is 38.3 Å². The molecule has 0 saturated heterocycles. The van der Waals surface area contributed by atoms with Crippen LogP contribution in [0.1, 0.15) is 43.0 Å². The average Bonchev–Trinajstić information content (AvgIpc) is 2.34. The van der Waals surface area contributed by atoms with E-state index in [1.54, 1.807) is 0 Å². The Bertz CT molecular complexity index is 415. The molecule has 2 atom stereocenters. The van der Waals surface area contributed by atoms with Crippen LogP contribution in [0.2, 0.25) is 0 Å². The van der Waals surface area contributed by atoms with E-state index >= 15 is 0 Å². The third-order valence-corrected chi connectivity index (χ3v) is 3.24. The number of carbonyl (C=O) groups excluding carboxylic acids is 1. The molecule has 0 aromatic heterocycles. The van der Waals surface area contributed by atoms with E-state index in [4.69, 9.17) is 4.74 Å². The molecule has 1 aromatic carbocycles. The molecule has 0 saturated carbocycles. The highest BCUT2D eigenvalue weighted by Gasteiger charge is 2.20. The Morgan fingerprint density at radius 2 is 2.06 bits per heavy atom. The van der Waals surface area contributed by atoms with Gasteiger partial charge in [-0.15, -0.1) is 0 Å². The molecule has 0 heterocycles. The van der Waals surface area contributed by atoms with Crippen LogP contribution < -0.4 is 5.32 Å². The normalized spacial score (nSPS) is 14.1. The van der Waals surface area contributed by atoms with Crippen molar-refractivity contribution < 1.29 is 9.53 Å². The van der Waals surface area contributed by atoms with Gasteiger partial charge in [-0.25, -0.2) is 0 Å². The van der Waals surface area contributed by atoms with Crippen LogP contribution in [-0.4, -0.2) is 19.1 Å². The number of carbonyl (C=O) groups is 1. The fraction of sp³-hybridized carbons (Fsp3) is 0.533. The molecular formula is C15H23NO2. The minimum Gasteiger partial charge on any atom is -0.468 e. The molecule has 1 aromatic rings. The highest BCUT2D eigenvalue weighted by Crippen LogP contribution is 2.19. The largest absolute Gasteiger partial charge is 0.468 e. The number of benzene rings is 1. The molecule has 0 aliphatic carbocycles. The Morgan fingerprint density at radius 1 is 1.39 bits per heavy atom. The minimum atomic E-state index is -0.245. The van der Waals surface area contributed by atoms with Gasteiger partial charge in [0.15, 0.2) is 0 Å². The van der Waals surface area contributed by atoms with E-state index in [1.807, 2.05) is 6.92 Å². The molecule has 0 aliphatic heterocycles. The first-order valence-electron chi connectivity index (χ1n) is 6.40. The summed E-state index contributed by atoms with van der Waals surface area (Å²) < 4.78 is 4.79. The predicted octanol–water partition coefficient (Wildman–Crippen LogP) is 2.91. The van der Waals surface area contributed by atoms with Gasteiger partial charge in [0.05, 0.1) is 7.11 Å². The molecule has 0 amide bonds. The molecule has 0 aliphatic rings. The van der Waals surface area contributed by atoms with E-state index in [0.29, 0.717) is 0 Å². The van der Waals surface area contributed by atoms with Crippen LogP contribution in [-0.2, 0) is 9.53 Å². The van der Waals surface area contributed by atoms with Crippen LogP contribution in [0.15, 0.2) is 18.2 Å². The van der Waals surface area contributed by atoms with E-state index in [-0.39, 0.29) is 18.1 Å². The van der Waals surface area contributed by atoms with Gasteiger partial charge in [-0.2, -0.15) is 0 Å². The number of aryl methyl sites for hydroxylation is 2. The molecule has 0 spiro atoms. The van der Waals surface area contributed by atoms with E-state index in [2.05, 4.69) is 44.3 Å². The predicted molar refractivity (Wildman–Crippen MR) is 73.6 cm³/mol. The molecule has 1 N–H and O–H groups in total. The molecule has 18 heavy (non-hydrogen) atoms. The van der Waals surface area contributed by atoms with E-state index in [0.717, 1.165) is 6.42 Å². The van der Waals surface area contributed by atoms with Crippen molar-refractivity contribution in [3.05, 3.63) is 34.9 Å². The van der Waals surface area contributed by atoms with Gasteiger partial charge in [-0.3, -0.25) is 10.1 Å². The summed E-state index contributed by atoms with van der Waals surface area (Å²) in [6.45, 7) is 8.23. The maximum atomic E-state index is 11.6. The second kappa shape index (κ2) is 6.55. The Morgan fingerprint density at radius 3 is 2.56 bits per heavy atom. The highest BCUT2D eigenvalue weighted by molar-refractivity contribution is 5.75. The van der Waals surface area contributed by atoms with Gasteiger partial charge in [0, 0.05) is 6.04 Å². The number of rotatable bonds is 5. The van der Waals surface area contributed by atoms with Crippen molar-refractivity contribution in [3.8, 4) is 0 Å². The standard InChI is InChI=1S/C15H23NO2/c1-6-14(15(17)18-5)16-12(4)13-8-7-10(2)9-11(13)3/h7-9,12,14,16H,6H2,1-5H3. The molecule has 0 fully saturated rings.